The molecule has 0 bridgehead atoms. The molecule has 0 aliphatic carbocycles. The van der Waals surface area contributed by atoms with Gasteiger partial charge in [-0.15, -0.1) is 0 Å². The molecule has 0 spiro atoms. The van der Waals surface area contributed by atoms with Gasteiger partial charge in [0.15, 0.2) is 0 Å². The predicted molar refractivity (Wildman–Crippen MR) is 108 cm³/mol. The largest absolute Gasteiger partial charge is 0.496 e. The third kappa shape index (κ3) is 16.8. The molecule has 1 rings (SSSR count). The minimum Gasteiger partial charge on any atom is -0.496 e. The zero-order valence-corrected chi connectivity index (χ0v) is 17.8. The number of rotatable bonds is 3. The average Bonchev–Trinajstić information content (AvgIpc) is 2.74. The second kappa shape index (κ2) is 33.1. The summed E-state index contributed by atoms with van der Waals surface area (Å²) in [7, 11) is 4.57. The summed E-state index contributed by atoms with van der Waals surface area (Å²) in [5, 5.41) is 11.5. The molecule has 0 unspecified atom stereocenters. The third-order valence-corrected chi connectivity index (χ3v) is 1.95. The standard InChI is InChI=1S/C10H13NO3.4C2H6.CH5N/c1-11-10(13)7-3-4-8(6-12)9(5-7)14-2;5*1-2/h3-5,12H,6H2,1-2H3,(H,11,13);4*1-2H3;2H2,1H3. The van der Waals surface area contributed by atoms with Gasteiger partial charge in [0.05, 0.1) is 13.7 Å². The molecule has 5 heteroatoms. The molecule has 0 fully saturated rings. The van der Waals surface area contributed by atoms with E-state index in [4.69, 9.17) is 9.84 Å². The molecule has 5 nitrogen and oxygen atoms in total. The molecule has 0 heterocycles. The fourth-order valence-corrected chi connectivity index (χ4v) is 1.16. The maximum absolute atomic E-state index is 11.3. The molecule has 0 saturated heterocycles. The predicted octanol–water partition coefficient (Wildman–Crippen LogP) is 4.23. The number of methoxy groups -OCH3 is 1. The van der Waals surface area contributed by atoms with Crippen molar-refractivity contribution in [3.63, 3.8) is 0 Å². The van der Waals surface area contributed by atoms with Crippen molar-refractivity contribution in [2.24, 2.45) is 5.73 Å². The summed E-state index contributed by atoms with van der Waals surface area (Å²) >= 11 is 0. The number of amides is 1. The molecule has 4 N–H and O–H groups in total. The van der Waals surface area contributed by atoms with Gasteiger partial charge >= 0.3 is 0 Å². The van der Waals surface area contributed by atoms with Crippen LogP contribution in [0.4, 0.5) is 0 Å². The first-order valence-electron chi connectivity index (χ1n) is 8.80. The number of carbonyl (C=O) groups excluding carboxylic acids is 1. The number of carbonyl (C=O) groups is 1. The molecular formula is C19H42N2O3. The fraction of sp³-hybridized carbons (Fsp3) is 0.632. The van der Waals surface area contributed by atoms with Crippen LogP contribution in [0.3, 0.4) is 0 Å². The van der Waals surface area contributed by atoms with Crippen LogP contribution in [-0.2, 0) is 6.61 Å². The lowest BCUT2D eigenvalue weighted by atomic mass is 10.1. The summed E-state index contributed by atoms with van der Waals surface area (Å²) in [6, 6.07) is 4.92. The Bertz CT molecular complexity index is 343. The van der Waals surface area contributed by atoms with Gasteiger partial charge in [-0.1, -0.05) is 61.5 Å². The fourth-order valence-electron chi connectivity index (χ4n) is 1.16. The van der Waals surface area contributed by atoms with Crippen molar-refractivity contribution in [3.05, 3.63) is 29.3 Å². The Kier molecular flexibility index (Phi) is 46.8. The van der Waals surface area contributed by atoms with E-state index in [0.29, 0.717) is 16.9 Å². The van der Waals surface area contributed by atoms with Crippen LogP contribution in [0.25, 0.3) is 0 Å². The first-order chi connectivity index (χ1) is 11.7. The highest BCUT2D eigenvalue weighted by Gasteiger charge is 2.07. The Hall–Kier alpha value is -1.59. The SMILES string of the molecule is CC.CC.CC.CC.CN.CNC(=O)c1ccc(CO)c(OC)c1. The van der Waals surface area contributed by atoms with Crippen molar-refractivity contribution >= 4 is 5.91 Å². The molecule has 1 aromatic carbocycles. The van der Waals surface area contributed by atoms with Crippen LogP contribution in [0.1, 0.15) is 71.3 Å². The lowest BCUT2D eigenvalue weighted by Gasteiger charge is -2.07. The molecule has 0 aliphatic heterocycles. The summed E-state index contributed by atoms with van der Waals surface area (Å²) in [4.78, 5) is 11.3. The van der Waals surface area contributed by atoms with Gasteiger partial charge in [0.25, 0.3) is 5.91 Å². The van der Waals surface area contributed by atoms with Gasteiger partial charge in [-0.3, -0.25) is 4.79 Å². The molecule has 1 aromatic rings. The number of hydrogen-bond donors (Lipinski definition) is 3. The third-order valence-electron chi connectivity index (χ3n) is 1.95. The number of nitrogens with two attached hydrogens (primary N) is 1. The number of hydrogen-bond acceptors (Lipinski definition) is 4. The normalized spacial score (nSPS) is 6.88. The van der Waals surface area contributed by atoms with E-state index in [2.05, 4.69) is 11.1 Å². The number of aliphatic hydroxyl groups is 1. The molecular weight excluding hydrogens is 304 g/mol. The zero-order valence-electron chi connectivity index (χ0n) is 17.8. The van der Waals surface area contributed by atoms with Crippen LogP contribution in [0.2, 0.25) is 0 Å². The molecule has 0 saturated carbocycles. The van der Waals surface area contributed by atoms with E-state index in [-0.39, 0.29) is 12.5 Å². The van der Waals surface area contributed by atoms with Crippen LogP contribution in [0.15, 0.2) is 18.2 Å². The van der Waals surface area contributed by atoms with Crippen LogP contribution < -0.4 is 15.8 Å². The van der Waals surface area contributed by atoms with E-state index in [9.17, 15) is 4.79 Å². The smallest absolute Gasteiger partial charge is 0.251 e. The Balaban J connectivity index is -0.000000103. The average molecular weight is 347 g/mol. The number of benzene rings is 1. The number of aliphatic hydroxyl groups excluding tert-OH is 1. The first-order valence-corrected chi connectivity index (χ1v) is 8.80. The zero-order chi connectivity index (χ0) is 20.6. The maximum atomic E-state index is 11.3. The molecule has 24 heavy (non-hydrogen) atoms. The quantitative estimate of drug-likeness (QED) is 0.765. The molecule has 0 atom stereocenters. The van der Waals surface area contributed by atoms with E-state index in [0.717, 1.165) is 0 Å². The highest BCUT2D eigenvalue weighted by atomic mass is 16.5. The van der Waals surface area contributed by atoms with E-state index in [1.54, 1.807) is 25.2 Å². The van der Waals surface area contributed by atoms with Gasteiger partial charge in [0, 0.05) is 18.2 Å². The monoisotopic (exact) mass is 346 g/mol. The van der Waals surface area contributed by atoms with Crippen molar-refractivity contribution in [3.8, 4) is 5.75 Å². The molecule has 0 radical (unpaired) electrons. The Morgan fingerprint density at radius 2 is 1.46 bits per heavy atom. The van der Waals surface area contributed by atoms with E-state index in [1.807, 2.05) is 55.4 Å². The van der Waals surface area contributed by atoms with Crippen molar-refractivity contribution in [1.82, 2.24) is 5.32 Å². The summed E-state index contributed by atoms with van der Waals surface area (Å²) in [6.45, 7) is 15.9. The first kappa shape index (κ1) is 33.9. The van der Waals surface area contributed by atoms with Gasteiger partial charge in [0.2, 0.25) is 0 Å². The summed E-state index contributed by atoms with van der Waals surface area (Å²) < 4.78 is 5.03. The number of nitrogens with one attached hydrogen (secondary N) is 1. The van der Waals surface area contributed by atoms with Crippen molar-refractivity contribution < 1.29 is 14.6 Å². The second-order valence-corrected chi connectivity index (χ2v) is 2.76. The second-order valence-electron chi connectivity index (χ2n) is 2.76. The molecule has 0 aromatic heterocycles. The highest BCUT2D eigenvalue weighted by molar-refractivity contribution is 5.94. The van der Waals surface area contributed by atoms with Crippen molar-refractivity contribution in [2.45, 2.75) is 62.0 Å². The minimum absolute atomic E-state index is 0.100. The minimum atomic E-state index is -0.173. The van der Waals surface area contributed by atoms with Crippen LogP contribution in [0.5, 0.6) is 5.75 Å². The topological polar surface area (TPSA) is 84.6 Å². The van der Waals surface area contributed by atoms with E-state index >= 15 is 0 Å². The lowest BCUT2D eigenvalue weighted by Crippen LogP contribution is -2.17. The highest BCUT2D eigenvalue weighted by Crippen LogP contribution is 2.19. The number of ether oxygens (including phenoxy) is 1. The van der Waals surface area contributed by atoms with Crippen LogP contribution in [-0.4, -0.2) is 32.2 Å². The molecule has 146 valence electrons. The molecule has 0 aliphatic rings. The Morgan fingerprint density at radius 3 is 1.75 bits per heavy atom. The van der Waals surface area contributed by atoms with Gasteiger partial charge in [-0.2, -0.15) is 0 Å². The van der Waals surface area contributed by atoms with Crippen molar-refractivity contribution in [2.75, 3.05) is 21.2 Å². The lowest BCUT2D eigenvalue weighted by molar-refractivity contribution is 0.0962. The summed E-state index contributed by atoms with van der Waals surface area (Å²) in [5.74, 6) is 0.349. The van der Waals surface area contributed by atoms with Gasteiger partial charge in [-0.25, -0.2) is 0 Å². The Labute approximate surface area is 150 Å². The van der Waals surface area contributed by atoms with Gasteiger partial charge in [-0.05, 0) is 19.2 Å². The van der Waals surface area contributed by atoms with Crippen LogP contribution in [0, 0.1) is 0 Å². The van der Waals surface area contributed by atoms with Gasteiger partial charge in [0.1, 0.15) is 5.75 Å². The molecule has 1 amide bonds. The van der Waals surface area contributed by atoms with Crippen molar-refractivity contribution in [1.29, 1.82) is 0 Å². The summed E-state index contributed by atoms with van der Waals surface area (Å²) in [5.41, 5.74) is 5.68. The maximum Gasteiger partial charge on any atom is 0.251 e. The van der Waals surface area contributed by atoms with E-state index < -0.39 is 0 Å². The van der Waals surface area contributed by atoms with E-state index in [1.165, 1.54) is 14.2 Å². The Morgan fingerprint density at radius 1 is 1.04 bits per heavy atom. The van der Waals surface area contributed by atoms with Gasteiger partial charge < -0.3 is 20.9 Å². The van der Waals surface area contributed by atoms with Crippen LogP contribution >= 0.6 is 0 Å². The summed E-state index contributed by atoms with van der Waals surface area (Å²) in [6.07, 6.45) is 0.